The van der Waals surface area contributed by atoms with Crippen molar-refractivity contribution < 1.29 is 22.7 Å². The number of para-hydroxylation sites is 1. The molecule has 1 aliphatic heterocycles. The first-order valence-corrected chi connectivity index (χ1v) is 6.80. The first-order chi connectivity index (χ1) is 9.96. The van der Waals surface area contributed by atoms with Gasteiger partial charge in [0, 0.05) is 12.1 Å². The highest BCUT2D eigenvalue weighted by Gasteiger charge is 2.32. The average molecular weight is 302 g/mol. The van der Waals surface area contributed by atoms with E-state index in [2.05, 4.69) is 15.4 Å². The molecule has 2 rings (SSSR count). The number of carbonyl (C=O) groups excluding carboxylic acids is 1. The van der Waals surface area contributed by atoms with Gasteiger partial charge in [-0.05, 0) is 25.5 Å². The summed E-state index contributed by atoms with van der Waals surface area (Å²) in [5.74, 6) is -0.488. The normalized spacial score (nSPS) is 19.1. The summed E-state index contributed by atoms with van der Waals surface area (Å²) in [7, 11) is 0. The van der Waals surface area contributed by atoms with Crippen LogP contribution in [0.25, 0.3) is 0 Å². The Hall–Kier alpha value is -1.76. The molecule has 7 heteroatoms. The molecule has 1 aliphatic rings. The molecule has 1 heterocycles. The summed E-state index contributed by atoms with van der Waals surface area (Å²) in [6, 6.07) is 5.51. The Morgan fingerprint density at radius 3 is 2.76 bits per heavy atom. The molecule has 1 aromatic rings. The monoisotopic (exact) mass is 302 g/mol. The summed E-state index contributed by atoms with van der Waals surface area (Å²) in [5, 5.41) is 5.73. The van der Waals surface area contributed by atoms with Crippen molar-refractivity contribution >= 4 is 5.91 Å². The molecule has 0 saturated carbocycles. The topological polar surface area (TPSA) is 50.4 Å². The number of piperidine rings is 1. The van der Waals surface area contributed by atoms with Crippen LogP contribution in [0.4, 0.5) is 13.2 Å². The van der Waals surface area contributed by atoms with Gasteiger partial charge in [0.2, 0.25) is 5.91 Å². The Morgan fingerprint density at radius 2 is 2.10 bits per heavy atom. The maximum absolute atomic E-state index is 12.3. The predicted molar refractivity (Wildman–Crippen MR) is 70.6 cm³/mol. The highest BCUT2D eigenvalue weighted by Crippen LogP contribution is 2.26. The minimum Gasteiger partial charge on any atom is -0.405 e. The zero-order chi connectivity index (χ0) is 15.3. The van der Waals surface area contributed by atoms with Crippen LogP contribution >= 0.6 is 0 Å². The molecular formula is C14H17F3N2O2. The van der Waals surface area contributed by atoms with Crippen molar-refractivity contribution in [2.24, 2.45) is 0 Å². The van der Waals surface area contributed by atoms with Crippen LogP contribution < -0.4 is 15.4 Å². The molecule has 1 amide bonds. The van der Waals surface area contributed by atoms with Crippen molar-refractivity contribution in [3.8, 4) is 5.75 Å². The largest absolute Gasteiger partial charge is 0.573 e. The number of carbonyl (C=O) groups is 1. The fourth-order valence-corrected chi connectivity index (χ4v) is 2.26. The molecular weight excluding hydrogens is 285 g/mol. The van der Waals surface area contributed by atoms with Crippen LogP contribution in [-0.4, -0.2) is 24.9 Å². The van der Waals surface area contributed by atoms with Gasteiger partial charge < -0.3 is 15.4 Å². The average Bonchev–Trinajstić information content (AvgIpc) is 2.45. The molecule has 1 aromatic carbocycles. The number of alkyl halides is 3. The lowest BCUT2D eigenvalue weighted by atomic mass is 10.0. The lowest BCUT2D eigenvalue weighted by Gasteiger charge is -2.22. The molecule has 0 spiro atoms. The number of benzene rings is 1. The smallest absolute Gasteiger partial charge is 0.405 e. The number of amides is 1. The first kappa shape index (κ1) is 15.6. The van der Waals surface area contributed by atoms with Gasteiger partial charge in [0.25, 0.3) is 0 Å². The van der Waals surface area contributed by atoms with Gasteiger partial charge in [-0.15, -0.1) is 13.2 Å². The third kappa shape index (κ3) is 4.93. The molecule has 21 heavy (non-hydrogen) atoms. The third-order valence-electron chi connectivity index (χ3n) is 3.28. The van der Waals surface area contributed by atoms with Gasteiger partial charge in [0.1, 0.15) is 5.75 Å². The van der Waals surface area contributed by atoms with Crippen LogP contribution in [0.15, 0.2) is 24.3 Å². The molecule has 1 saturated heterocycles. The van der Waals surface area contributed by atoms with Crippen LogP contribution in [0.1, 0.15) is 24.8 Å². The van der Waals surface area contributed by atoms with E-state index in [0.29, 0.717) is 5.56 Å². The second kappa shape index (κ2) is 6.80. The number of hydrogen-bond donors (Lipinski definition) is 2. The maximum atomic E-state index is 12.3. The van der Waals surface area contributed by atoms with E-state index in [-0.39, 0.29) is 24.2 Å². The van der Waals surface area contributed by atoms with E-state index >= 15 is 0 Å². The van der Waals surface area contributed by atoms with Crippen molar-refractivity contribution in [1.82, 2.24) is 10.6 Å². The number of ether oxygens (including phenoxy) is 1. The van der Waals surface area contributed by atoms with E-state index in [9.17, 15) is 18.0 Å². The van der Waals surface area contributed by atoms with Gasteiger partial charge in [-0.2, -0.15) is 0 Å². The zero-order valence-corrected chi connectivity index (χ0v) is 11.4. The van der Waals surface area contributed by atoms with E-state index in [1.54, 1.807) is 6.07 Å². The number of nitrogens with one attached hydrogen (secondary N) is 2. The molecule has 4 nitrogen and oxygen atoms in total. The van der Waals surface area contributed by atoms with E-state index in [0.717, 1.165) is 25.8 Å². The van der Waals surface area contributed by atoms with Gasteiger partial charge in [0.05, 0.1) is 6.04 Å². The summed E-state index contributed by atoms with van der Waals surface area (Å²) in [6.45, 7) is 0.787. The molecule has 0 bridgehead atoms. The van der Waals surface area contributed by atoms with E-state index in [1.807, 2.05) is 0 Å². The second-order valence-electron chi connectivity index (χ2n) is 4.88. The fraction of sp³-hybridized carbons (Fsp3) is 0.500. The number of halogens is 3. The molecule has 116 valence electrons. The van der Waals surface area contributed by atoms with Gasteiger partial charge in [-0.3, -0.25) is 4.79 Å². The molecule has 1 fully saturated rings. The SMILES string of the molecule is O=C(NCc1ccccc1OC(F)(F)F)[C@@H]1CCCCN1. The highest BCUT2D eigenvalue weighted by atomic mass is 19.4. The Labute approximate surface area is 120 Å². The Kier molecular flexibility index (Phi) is 5.06. The lowest BCUT2D eigenvalue weighted by molar-refractivity contribution is -0.274. The molecule has 1 atom stereocenters. The Balaban J connectivity index is 1.94. The van der Waals surface area contributed by atoms with Crippen molar-refractivity contribution in [2.45, 2.75) is 38.2 Å². The second-order valence-corrected chi connectivity index (χ2v) is 4.88. The number of hydrogen-bond acceptors (Lipinski definition) is 3. The summed E-state index contributed by atoms with van der Waals surface area (Å²) in [4.78, 5) is 11.9. The third-order valence-corrected chi connectivity index (χ3v) is 3.28. The van der Waals surface area contributed by atoms with Gasteiger partial charge in [0.15, 0.2) is 0 Å². The van der Waals surface area contributed by atoms with Crippen LogP contribution in [0.3, 0.4) is 0 Å². The Morgan fingerprint density at radius 1 is 1.33 bits per heavy atom. The van der Waals surface area contributed by atoms with Crippen molar-refractivity contribution in [3.63, 3.8) is 0 Å². The maximum Gasteiger partial charge on any atom is 0.573 e. The lowest BCUT2D eigenvalue weighted by Crippen LogP contribution is -2.46. The van der Waals surface area contributed by atoms with Crippen molar-refractivity contribution in [3.05, 3.63) is 29.8 Å². The van der Waals surface area contributed by atoms with Crippen molar-refractivity contribution in [1.29, 1.82) is 0 Å². The summed E-state index contributed by atoms with van der Waals surface area (Å²) < 4.78 is 40.8. The molecule has 0 radical (unpaired) electrons. The van der Waals surface area contributed by atoms with Crippen LogP contribution in [0.5, 0.6) is 5.75 Å². The fourth-order valence-electron chi connectivity index (χ4n) is 2.26. The van der Waals surface area contributed by atoms with E-state index in [1.165, 1.54) is 18.2 Å². The predicted octanol–water partition coefficient (Wildman–Crippen LogP) is 2.34. The first-order valence-electron chi connectivity index (χ1n) is 6.80. The molecule has 2 N–H and O–H groups in total. The molecule has 0 aromatic heterocycles. The molecule has 0 unspecified atom stereocenters. The zero-order valence-electron chi connectivity index (χ0n) is 11.4. The van der Waals surface area contributed by atoms with Gasteiger partial charge in [-0.1, -0.05) is 24.6 Å². The van der Waals surface area contributed by atoms with Crippen LogP contribution in [-0.2, 0) is 11.3 Å². The summed E-state index contributed by atoms with van der Waals surface area (Å²) in [6.07, 6.45) is -2.00. The standard InChI is InChI=1S/C14H17F3N2O2/c15-14(16,17)21-12-7-2-1-5-10(12)9-19-13(20)11-6-3-4-8-18-11/h1-2,5,7,11,18H,3-4,6,8-9H2,(H,19,20)/t11-/m0/s1. The minimum absolute atomic E-state index is 0.00324. The van der Waals surface area contributed by atoms with Gasteiger partial charge >= 0.3 is 6.36 Å². The minimum atomic E-state index is -4.75. The van der Waals surface area contributed by atoms with Gasteiger partial charge in [-0.25, -0.2) is 0 Å². The highest BCUT2D eigenvalue weighted by molar-refractivity contribution is 5.81. The summed E-state index contributed by atoms with van der Waals surface area (Å²) >= 11 is 0. The van der Waals surface area contributed by atoms with Crippen LogP contribution in [0.2, 0.25) is 0 Å². The van der Waals surface area contributed by atoms with Crippen LogP contribution in [0, 0.1) is 0 Å². The van der Waals surface area contributed by atoms with E-state index in [4.69, 9.17) is 0 Å². The summed E-state index contributed by atoms with van der Waals surface area (Å²) in [5.41, 5.74) is 0.291. The number of rotatable bonds is 4. The molecule has 0 aliphatic carbocycles. The van der Waals surface area contributed by atoms with E-state index < -0.39 is 6.36 Å². The Bertz CT molecular complexity index is 485. The van der Waals surface area contributed by atoms with Crippen molar-refractivity contribution in [2.75, 3.05) is 6.54 Å². The quantitative estimate of drug-likeness (QED) is 0.897.